The summed E-state index contributed by atoms with van der Waals surface area (Å²) in [6, 6.07) is 9.09. The number of nitrogens with zero attached hydrogens (tertiary/aromatic N) is 4. The number of fused-ring (bicyclic) bond motifs is 1. The first kappa shape index (κ1) is 20.0. The summed E-state index contributed by atoms with van der Waals surface area (Å²) in [6.45, 7) is 6.13. The van der Waals surface area contributed by atoms with Crippen LogP contribution in [0.4, 0.5) is 5.82 Å². The van der Waals surface area contributed by atoms with Crippen molar-refractivity contribution < 1.29 is 4.79 Å². The van der Waals surface area contributed by atoms with Crippen molar-refractivity contribution in [3.63, 3.8) is 0 Å². The number of anilines is 1. The van der Waals surface area contributed by atoms with Crippen LogP contribution in [0.2, 0.25) is 15.1 Å². The number of benzene rings is 2. The van der Waals surface area contributed by atoms with Crippen molar-refractivity contribution in [2.24, 2.45) is 0 Å². The molecule has 2 heterocycles. The van der Waals surface area contributed by atoms with E-state index in [1.807, 2.05) is 18.2 Å². The summed E-state index contributed by atoms with van der Waals surface area (Å²) in [5.74, 6) is 0.751. The van der Waals surface area contributed by atoms with E-state index in [0.29, 0.717) is 41.2 Å². The standard InChI is InChI=1S/C21H17Cl3N4O/c1-2-20(29)27-5-7-28(8-6-27)21-16-10-18(24)15(11-19(16)25-12-26-21)14-4-3-13(22)9-17(14)23/h2-4,9-12H,1,5-8H2. The lowest BCUT2D eigenvalue weighted by atomic mass is 10.0. The van der Waals surface area contributed by atoms with E-state index in [4.69, 9.17) is 34.8 Å². The maximum atomic E-state index is 11.8. The summed E-state index contributed by atoms with van der Waals surface area (Å²) in [4.78, 5) is 24.6. The van der Waals surface area contributed by atoms with Crippen LogP contribution in [0.3, 0.4) is 0 Å². The van der Waals surface area contributed by atoms with E-state index < -0.39 is 0 Å². The first-order valence-corrected chi connectivity index (χ1v) is 10.2. The first-order chi connectivity index (χ1) is 14.0. The van der Waals surface area contributed by atoms with Crippen LogP contribution in [-0.2, 0) is 4.79 Å². The number of hydrogen-bond donors (Lipinski definition) is 0. The zero-order valence-electron chi connectivity index (χ0n) is 15.4. The Morgan fingerprint density at radius 3 is 2.38 bits per heavy atom. The third-order valence-corrected chi connectivity index (χ3v) is 5.85. The molecule has 0 unspecified atom stereocenters. The van der Waals surface area contributed by atoms with Crippen LogP contribution in [-0.4, -0.2) is 47.0 Å². The molecule has 2 aromatic carbocycles. The molecule has 0 saturated carbocycles. The molecule has 4 rings (SSSR count). The third-order valence-electron chi connectivity index (χ3n) is 4.99. The summed E-state index contributed by atoms with van der Waals surface area (Å²) in [5.41, 5.74) is 2.34. The van der Waals surface area contributed by atoms with Gasteiger partial charge in [0, 0.05) is 57.8 Å². The fraction of sp³-hybridized carbons (Fsp3) is 0.190. The first-order valence-electron chi connectivity index (χ1n) is 9.04. The fourth-order valence-corrected chi connectivity index (χ4v) is 4.27. The van der Waals surface area contributed by atoms with Gasteiger partial charge in [-0.25, -0.2) is 9.97 Å². The summed E-state index contributed by atoms with van der Waals surface area (Å²) >= 11 is 19.0. The Bertz CT molecular complexity index is 1110. The van der Waals surface area contributed by atoms with E-state index in [-0.39, 0.29) is 5.91 Å². The monoisotopic (exact) mass is 446 g/mol. The van der Waals surface area contributed by atoms with Crippen LogP contribution in [0.1, 0.15) is 0 Å². The normalized spacial score (nSPS) is 14.3. The highest BCUT2D eigenvalue weighted by atomic mass is 35.5. The Morgan fingerprint density at radius 1 is 0.966 bits per heavy atom. The zero-order valence-corrected chi connectivity index (χ0v) is 17.7. The van der Waals surface area contributed by atoms with Gasteiger partial charge in [0.1, 0.15) is 12.1 Å². The van der Waals surface area contributed by atoms with E-state index in [2.05, 4.69) is 21.4 Å². The molecule has 148 valence electrons. The van der Waals surface area contributed by atoms with Crippen LogP contribution in [0.25, 0.3) is 22.0 Å². The van der Waals surface area contributed by atoms with Gasteiger partial charge < -0.3 is 9.80 Å². The summed E-state index contributed by atoms with van der Waals surface area (Å²) in [7, 11) is 0. The fourth-order valence-electron chi connectivity index (χ4n) is 3.50. The molecule has 0 spiro atoms. The highest BCUT2D eigenvalue weighted by Crippen LogP contribution is 2.38. The van der Waals surface area contributed by atoms with Crippen LogP contribution in [0.15, 0.2) is 49.3 Å². The predicted octanol–water partition coefficient (Wildman–Crippen LogP) is 5.09. The minimum Gasteiger partial charge on any atom is -0.352 e. The lowest BCUT2D eigenvalue weighted by molar-refractivity contribution is -0.126. The molecule has 0 aliphatic carbocycles. The van der Waals surface area contributed by atoms with E-state index in [1.165, 1.54) is 6.08 Å². The summed E-state index contributed by atoms with van der Waals surface area (Å²) < 4.78 is 0. The van der Waals surface area contributed by atoms with E-state index in [1.54, 1.807) is 23.4 Å². The maximum absolute atomic E-state index is 11.8. The van der Waals surface area contributed by atoms with Crippen molar-refractivity contribution in [2.45, 2.75) is 0 Å². The van der Waals surface area contributed by atoms with Gasteiger partial charge in [0.2, 0.25) is 5.91 Å². The molecule has 0 N–H and O–H groups in total. The second kappa shape index (κ2) is 8.19. The molecule has 1 aromatic heterocycles. The maximum Gasteiger partial charge on any atom is 0.246 e. The van der Waals surface area contributed by atoms with Crippen LogP contribution < -0.4 is 4.90 Å². The van der Waals surface area contributed by atoms with Gasteiger partial charge in [-0.3, -0.25) is 4.79 Å². The number of aromatic nitrogens is 2. The van der Waals surface area contributed by atoms with Crippen molar-refractivity contribution in [1.29, 1.82) is 0 Å². The van der Waals surface area contributed by atoms with Gasteiger partial charge in [-0.1, -0.05) is 47.4 Å². The molecule has 0 bridgehead atoms. The summed E-state index contributed by atoms with van der Waals surface area (Å²) in [6.07, 6.45) is 2.89. The average molecular weight is 448 g/mol. The topological polar surface area (TPSA) is 49.3 Å². The van der Waals surface area contributed by atoms with Gasteiger partial charge >= 0.3 is 0 Å². The highest BCUT2D eigenvalue weighted by molar-refractivity contribution is 6.38. The van der Waals surface area contributed by atoms with E-state index >= 15 is 0 Å². The highest BCUT2D eigenvalue weighted by Gasteiger charge is 2.22. The van der Waals surface area contributed by atoms with Gasteiger partial charge in [-0.05, 0) is 30.3 Å². The third kappa shape index (κ3) is 3.90. The Morgan fingerprint density at radius 2 is 1.69 bits per heavy atom. The lowest BCUT2D eigenvalue weighted by Crippen LogP contribution is -2.48. The largest absolute Gasteiger partial charge is 0.352 e. The van der Waals surface area contributed by atoms with Crippen molar-refractivity contribution in [2.75, 3.05) is 31.1 Å². The van der Waals surface area contributed by atoms with Crippen LogP contribution >= 0.6 is 34.8 Å². The number of hydrogen-bond acceptors (Lipinski definition) is 4. The minimum absolute atomic E-state index is 0.0512. The predicted molar refractivity (Wildman–Crippen MR) is 119 cm³/mol. The number of halogens is 3. The Balaban J connectivity index is 1.70. The van der Waals surface area contributed by atoms with Gasteiger partial charge in [0.15, 0.2) is 0 Å². The molecule has 1 aliphatic heterocycles. The number of amides is 1. The quantitative estimate of drug-likeness (QED) is 0.525. The molecule has 3 aromatic rings. The van der Waals surface area contributed by atoms with Crippen molar-refractivity contribution in [3.05, 3.63) is 64.4 Å². The molecular weight excluding hydrogens is 431 g/mol. The molecule has 1 amide bonds. The van der Waals surface area contributed by atoms with E-state index in [9.17, 15) is 4.79 Å². The molecule has 1 fully saturated rings. The molecule has 1 saturated heterocycles. The second-order valence-corrected chi connectivity index (χ2v) is 7.94. The molecule has 8 heteroatoms. The molecule has 0 radical (unpaired) electrons. The molecular formula is C21H17Cl3N4O. The van der Waals surface area contributed by atoms with Gasteiger partial charge in [0.25, 0.3) is 0 Å². The van der Waals surface area contributed by atoms with Gasteiger partial charge in [0.05, 0.1) is 5.52 Å². The van der Waals surface area contributed by atoms with Crippen LogP contribution in [0.5, 0.6) is 0 Å². The number of piperazine rings is 1. The number of rotatable bonds is 3. The van der Waals surface area contributed by atoms with Crippen molar-refractivity contribution in [3.8, 4) is 11.1 Å². The SMILES string of the molecule is C=CC(=O)N1CCN(c2ncnc3cc(-c4ccc(Cl)cc4Cl)c(Cl)cc23)CC1. The Hall–Kier alpha value is -2.34. The molecule has 5 nitrogen and oxygen atoms in total. The Labute approximate surface area is 183 Å². The Kier molecular flexibility index (Phi) is 5.63. The lowest BCUT2D eigenvalue weighted by Gasteiger charge is -2.35. The molecule has 0 atom stereocenters. The smallest absolute Gasteiger partial charge is 0.246 e. The second-order valence-electron chi connectivity index (χ2n) is 6.69. The minimum atomic E-state index is -0.0512. The molecule has 29 heavy (non-hydrogen) atoms. The number of carbonyl (C=O) groups excluding carboxylic acids is 1. The zero-order chi connectivity index (χ0) is 20.5. The van der Waals surface area contributed by atoms with Crippen molar-refractivity contribution in [1.82, 2.24) is 14.9 Å². The van der Waals surface area contributed by atoms with Gasteiger partial charge in [-0.15, -0.1) is 0 Å². The van der Waals surface area contributed by atoms with Crippen LogP contribution in [0, 0.1) is 0 Å². The summed E-state index contributed by atoms with van der Waals surface area (Å²) in [5, 5.41) is 2.50. The van der Waals surface area contributed by atoms with E-state index in [0.717, 1.165) is 27.8 Å². The average Bonchev–Trinajstić information content (AvgIpc) is 2.73. The molecule has 1 aliphatic rings. The number of carbonyl (C=O) groups is 1. The van der Waals surface area contributed by atoms with Crippen molar-refractivity contribution >= 4 is 57.4 Å². The van der Waals surface area contributed by atoms with Gasteiger partial charge in [-0.2, -0.15) is 0 Å².